The normalized spacial score (nSPS) is 22.1. The zero-order chi connectivity index (χ0) is 22.5. The van der Waals surface area contributed by atoms with Crippen LogP contribution in [-0.4, -0.2) is 98.4 Å². The van der Waals surface area contributed by atoms with E-state index >= 15 is 0 Å². The number of likely N-dealkylation sites (tertiary alicyclic amines) is 2. The predicted molar refractivity (Wildman–Crippen MR) is 115 cm³/mol. The first-order valence-corrected chi connectivity index (χ1v) is 10.7. The highest BCUT2D eigenvalue weighted by atomic mass is 16.5. The summed E-state index contributed by atoms with van der Waals surface area (Å²) >= 11 is 0. The minimum absolute atomic E-state index is 0.0190. The molecule has 9 nitrogen and oxygen atoms in total. The Labute approximate surface area is 183 Å². The molecule has 3 amide bonds. The number of urea groups is 1. The molecule has 2 aliphatic rings. The van der Waals surface area contributed by atoms with Crippen LogP contribution < -0.4 is 14.2 Å². The number of aliphatic hydroxyl groups is 1. The number of amides is 3. The van der Waals surface area contributed by atoms with E-state index in [2.05, 4.69) is 0 Å². The number of ether oxygens (including phenoxy) is 3. The number of methoxy groups -OCH3 is 2. The molecule has 2 heterocycles. The third kappa shape index (κ3) is 5.33. The molecule has 0 bridgehead atoms. The van der Waals surface area contributed by atoms with Crippen molar-refractivity contribution < 1.29 is 28.9 Å². The van der Waals surface area contributed by atoms with Crippen LogP contribution in [0.2, 0.25) is 0 Å². The van der Waals surface area contributed by atoms with E-state index in [9.17, 15) is 14.7 Å². The molecule has 0 aromatic heterocycles. The van der Waals surface area contributed by atoms with Crippen molar-refractivity contribution >= 4 is 11.9 Å². The number of benzene rings is 1. The number of β-amino-alcohol motifs (C(OH)–C–C–N with tert-alkyl or cyclic N) is 1. The van der Waals surface area contributed by atoms with E-state index in [1.54, 1.807) is 61.2 Å². The van der Waals surface area contributed by atoms with Gasteiger partial charge in [0.25, 0.3) is 0 Å². The molecule has 0 aliphatic carbocycles. The number of hydrogen-bond donors (Lipinski definition) is 1. The van der Waals surface area contributed by atoms with Crippen molar-refractivity contribution in [2.75, 3.05) is 54.5 Å². The summed E-state index contributed by atoms with van der Waals surface area (Å²) in [7, 11) is 6.59. The molecule has 172 valence electrons. The average Bonchev–Trinajstić information content (AvgIpc) is 2.79. The second kappa shape index (κ2) is 10.1. The van der Waals surface area contributed by atoms with Crippen molar-refractivity contribution in [1.82, 2.24) is 14.7 Å². The first-order valence-electron chi connectivity index (χ1n) is 10.7. The number of carbonyl (C=O) groups is 2. The van der Waals surface area contributed by atoms with Crippen LogP contribution in [0.15, 0.2) is 18.2 Å². The van der Waals surface area contributed by atoms with Crippen LogP contribution in [-0.2, 0) is 4.79 Å². The van der Waals surface area contributed by atoms with Gasteiger partial charge in [-0.25, -0.2) is 4.79 Å². The molecular weight excluding hydrogens is 402 g/mol. The van der Waals surface area contributed by atoms with E-state index in [1.165, 1.54) is 0 Å². The van der Waals surface area contributed by atoms with E-state index in [1.807, 2.05) is 0 Å². The molecule has 31 heavy (non-hydrogen) atoms. The second-order valence-electron chi connectivity index (χ2n) is 8.25. The zero-order valence-electron chi connectivity index (χ0n) is 18.7. The van der Waals surface area contributed by atoms with Gasteiger partial charge < -0.3 is 34.0 Å². The maximum atomic E-state index is 13.0. The number of piperidine rings is 2. The summed E-state index contributed by atoms with van der Waals surface area (Å²) in [6.07, 6.45) is 0.662. The molecule has 0 saturated carbocycles. The predicted octanol–water partition coefficient (Wildman–Crippen LogP) is 1.44. The summed E-state index contributed by atoms with van der Waals surface area (Å²) in [6, 6.07) is 5.24. The summed E-state index contributed by atoms with van der Waals surface area (Å²) in [5, 5.41) is 10.6. The van der Waals surface area contributed by atoms with Gasteiger partial charge in [0.15, 0.2) is 11.5 Å². The number of carbonyl (C=O) groups excluding carboxylic acids is 2. The van der Waals surface area contributed by atoms with E-state index in [4.69, 9.17) is 14.2 Å². The van der Waals surface area contributed by atoms with Crippen LogP contribution >= 0.6 is 0 Å². The molecule has 1 N–H and O–H groups in total. The highest BCUT2D eigenvalue weighted by Gasteiger charge is 2.36. The van der Waals surface area contributed by atoms with Crippen molar-refractivity contribution in [3.05, 3.63) is 18.2 Å². The van der Waals surface area contributed by atoms with Crippen molar-refractivity contribution in [1.29, 1.82) is 0 Å². The lowest BCUT2D eigenvalue weighted by Crippen LogP contribution is -2.53. The Morgan fingerprint density at radius 1 is 1.00 bits per heavy atom. The lowest BCUT2D eigenvalue weighted by Gasteiger charge is -2.39. The summed E-state index contributed by atoms with van der Waals surface area (Å²) in [5.41, 5.74) is 0. The molecule has 9 heteroatoms. The molecular formula is C22H33N3O6. The van der Waals surface area contributed by atoms with E-state index in [-0.39, 0.29) is 24.4 Å². The van der Waals surface area contributed by atoms with Gasteiger partial charge in [0.05, 0.1) is 20.8 Å². The van der Waals surface area contributed by atoms with Gasteiger partial charge in [0, 0.05) is 52.1 Å². The van der Waals surface area contributed by atoms with Crippen LogP contribution in [0.3, 0.4) is 0 Å². The SMILES string of the molecule is COc1ccc(O[C@@H]2CCN(C(=O)C3CCN(C(=O)N(C)C)CC3)C[C@H]2O)cc1OC. The van der Waals surface area contributed by atoms with Gasteiger partial charge in [-0.3, -0.25) is 4.79 Å². The molecule has 1 aromatic carbocycles. The highest BCUT2D eigenvalue weighted by Crippen LogP contribution is 2.32. The van der Waals surface area contributed by atoms with Gasteiger partial charge in [-0.2, -0.15) is 0 Å². The third-order valence-corrected chi connectivity index (χ3v) is 5.97. The van der Waals surface area contributed by atoms with Gasteiger partial charge in [-0.1, -0.05) is 0 Å². The Morgan fingerprint density at radius 3 is 2.23 bits per heavy atom. The molecule has 2 fully saturated rings. The van der Waals surface area contributed by atoms with Gasteiger partial charge in [0.2, 0.25) is 5.91 Å². The summed E-state index contributed by atoms with van der Waals surface area (Å²) in [4.78, 5) is 30.1. The quantitative estimate of drug-likeness (QED) is 0.753. The van der Waals surface area contributed by atoms with Crippen LogP contribution in [0.1, 0.15) is 19.3 Å². The summed E-state index contributed by atoms with van der Waals surface area (Å²) in [6.45, 7) is 1.93. The molecule has 2 saturated heterocycles. The minimum Gasteiger partial charge on any atom is -0.493 e. The smallest absolute Gasteiger partial charge is 0.319 e. The third-order valence-electron chi connectivity index (χ3n) is 5.97. The molecule has 2 aliphatic heterocycles. The Morgan fingerprint density at radius 2 is 1.65 bits per heavy atom. The summed E-state index contributed by atoms with van der Waals surface area (Å²) in [5.74, 6) is 1.69. The first-order chi connectivity index (χ1) is 14.8. The molecule has 0 radical (unpaired) electrons. The van der Waals surface area contributed by atoms with E-state index in [0.29, 0.717) is 56.1 Å². The van der Waals surface area contributed by atoms with E-state index < -0.39 is 12.2 Å². The number of hydrogen-bond acceptors (Lipinski definition) is 6. The van der Waals surface area contributed by atoms with Crippen molar-refractivity contribution in [2.45, 2.75) is 31.5 Å². The van der Waals surface area contributed by atoms with Gasteiger partial charge in [-0.05, 0) is 25.0 Å². The van der Waals surface area contributed by atoms with Gasteiger partial charge >= 0.3 is 6.03 Å². The van der Waals surface area contributed by atoms with Crippen LogP contribution in [0, 0.1) is 5.92 Å². The average molecular weight is 436 g/mol. The fourth-order valence-electron chi connectivity index (χ4n) is 4.17. The van der Waals surface area contributed by atoms with Crippen LogP contribution in [0.5, 0.6) is 17.2 Å². The number of aliphatic hydroxyl groups excluding tert-OH is 1. The molecule has 3 rings (SSSR count). The largest absolute Gasteiger partial charge is 0.493 e. The standard InChI is InChI=1S/C22H33N3O6/c1-23(2)22(28)24-10-7-15(8-11-24)21(27)25-12-9-18(17(26)14-25)31-16-5-6-19(29-3)20(13-16)30-4/h5-6,13,15,17-18,26H,7-12,14H2,1-4H3/t17-,18-/m1/s1. The lowest BCUT2D eigenvalue weighted by atomic mass is 9.93. The maximum Gasteiger partial charge on any atom is 0.319 e. The van der Waals surface area contributed by atoms with E-state index in [0.717, 1.165) is 0 Å². The lowest BCUT2D eigenvalue weighted by molar-refractivity contribution is -0.142. The monoisotopic (exact) mass is 435 g/mol. The summed E-state index contributed by atoms with van der Waals surface area (Å²) < 4.78 is 16.5. The molecule has 0 spiro atoms. The van der Waals surface area contributed by atoms with Crippen molar-refractivity contribution in [2.24, 2.45) is 5.92 Å². The number of nitrogens with zero attached hydrogens (tertiary/aromatic N) is 3. The number of rotatable bonds is 5. The molecule has 2 atom stereocenters. The zero-order valence-corrected chi connectivity index (χ0v) is 18.7. The topological polar surface area (TPSA) is 91.8 Å². The van der Waals surface area contributed by atoms with Crippen molar-refractivity contribution in [3.63, 3.8) is 0 Å². The first kappa shape index (κ1) is 23.0. The van der Waals surface area contributed by atoms with Crippen LogP contribution in [0.4, 0.5) is 4.79 Å². The Balaban J connectivity index is 1.52. The molecule has 1 aromatic rings. The van der Waals surface area contributed by atoms with Gasteiger partial charge in [-0.15, -0.1) is 0 Å². The van der Waals surface area contributed by atoms with Crippen LogP contribution in [0.25, 0.3) is 0 Å². The van der Waals surface area contributed by atoms with Crippen molar-refractivity contribution in [3.8, 4) is 17.2 Å². The fourth-order valence-corrected chi connectivity index (χ4v) is 4.17. The Bertz CT molecular complexity index is 779. The van der Waals surface area contributed by atoms with Gasteiger partial charge in [0.1, 0.15) is 18.0 Å². The fraction of sp³-hybridized carbons (Fsp3) is 0.636. The minimum atomic E-state index is -0.777. The molecule has 0 unspecified atom stereocenters. The Kier molecular flexibility index (Phi) is 7.48. The Hall–Kier alpha value is -2.68. The maximum absolute atomic E-state index is 13.0. The highest BCUT2D eigenvalue weighted by molar-refractivity contribution is 5.80. The second-order valence-corrected chi connectivity index (χ2v) is 8.25.